The van der Waals surface area contributed by atoms with E-state index in [-0.39, 0.29) is 5.78 Å². The SMILES string of the molecule is COCc1ccc(C)cc1CC(=O)c1ccccc1. The van der Waals surface area contributed by atoms with E-state index in [9.17, 15) is 4.79 Å². The van der Waals surface area contributed by atoms with Gasteiger partial charge in [-0.25, -0.2) is 0 Å². The van der Waals surface area contributed by atoms with Crippen molar-refractivity contribution in [3.05, 3.63) is 70.8 Å². The van der Waals surface area contributed by atoms with Gasteiger partial charge in [-0.1, -0.05) is 54.1 Å². The summed E-state index contributed by atoms with van der Waals surface area (Å²) < 4.78 is 5.18. The van der Waals surface area contributed by atoms with Crippen molar-refractivity contribution in [1.82, 2.24) is 0 Å². The number of benzene rings is 2. The molecule has 0 bridgehead atoms. The fourth-order valence-electron chi connectivity index (χ4n) is 2.11. The number of hydrogen-bond donors (Lipinski definition) is 0. The second kappa shape index (κ2) is 6.30. The first-order chi connectivity index (χ1) is 9.20. The highest BCUT2D eigenvalue weighted by Crippen LogP contribution is 2.16. The molecular weight excluding hydrogens is 236 g/mol. The molecule has 2 heteroatoms. The Hall–Kier alpha value is -1.93. The molecule has 2 rings (SSSR count). The zero-order valence-electron chi connectivity index (χ0n) is 11.3. The Morgan fingerprint density at radius 3 is 2.47 bits per heavy atom. The maximum absolute atomic E-state index is 12.2. The fraction of sp³-hybridized carbons (Fsp3) is 0.235. The van der Waals surface area contributed by atoms with Crippen molar-refractivity contribution < 1.29 is 9.53 Å². The van der Waals surface area contributed by atoms with Crippen LogP contribution in [0.3, 0.4) is 0 Å². The van der Waals surface area contributed by atoms with Gasteiger partial charge in [0.05, 0.1) is 6.61 Å². The normalized spacial score (nSPS) is 10.4. The molecule has 98 valence electrons. The molecule has 2 aromatic rings. The van der Waals surface area contributed by atoms with E-state index in [1.807, 2.05) is 49.4 Å². The van der Waals surface area contributed by atoms with Crippen LogP contribution in [0.15, 0.2) is 48.5 Å². The molecule has 0 unspecified atom stereocenters. The third kappa shape index (κ3) is 3.52. The number of ketones is 1. The number of methoxy groups -OCH3 is 1. The molecule has 0 saturated carbocycles. The van der Waals surface area contributed by atoms with Crippen molar-refractivity contribution in [2.45, 2.75) is 20.0 Å². The van der Waals surface area contributed by atoms with E-state index in [1.54, 1.807) is 7.11 Å². The number of carbonyl (C=O) groups is 1. The van der Waals surface area contributed by atoms with Crippen LogP contribution in [0.4, 0.5) is 0 Å². The highest BCUT2D eigenvalue weighted by atomic mass is 16.5. The number of rotatable bonds is 5. The Morgan fingerprint density at radius 1 is 1.05 bits per heavy atom. The van der Waals surface area contributed by atoms with Crippen LogP contribution in [-0.2, 0) is 17.8 Å². The number of carbonyl (C=O) groups excluding carboxylic acids is 1. The summed E-state index contributed by atoms with van der Waals surface area (Å²) in [6.45, 7) is 2.57. The molecule has 19 heavy (non-hydrogen) atoms. The van der Waals surface area contributed by atoms with Crippen LogP contribution in [-0.4, -0.2) is 12.9 Å². The summed E-state index contributed by atoms with van der Waals surface area (Å²) in [5.41, 5.74) is 4.05. The Labute approximate surface area is 114 Å². The Kier molecular flexibility index (Phi) is 4.48. The summed E-state index contributed by atoms with van der Waals surface area (Å²) in [5.74, 6) is 0.142. The number of hydrogen-bond acceptors (Lipinski definition) is 2. The molecular formula is C17H18O2. The van der Waals surface area contributed by atoms with Crippen molar-refractivity contribution in [2.24, 2.45) is 0 Å². The minimum absolute atomic E-state index is 0.142. The molecule has 0 aliphatic heterocycles. The van der Waals surface area contributed by atoms with E-state index in [1.165, 1.54) is 0 Å². The molecule has 0 fully saturated rings. The van der Waals surface area contributed by atoms with Gasteiger partial charge in [-0.2, -0.15) is 0 Å². The summed E-state index contributed by atoms with van der Waals surface area (Å²) in [5, 5.41) is 0. The molecule has 0 aliphatic carbocycles. The second-order valence-corrected chi connectivity index (χ2v) is 4.67. The van der Waals surface area contributed by atoms with Crippen LogP contribution < -0.4 is 0 Å². The fourth-order valence-corrected chi connectivity index (χ4v) is 2.11. The standard InChI is InChI=1S/C17H18O2/c1-13-8-9-15(12-19-2)16(10-13)11-17(18)14-6-4-3-5-7-14/h3-10H,11-12H2,1-2H3. The van der Waals surface area contributed by atoms with Crippen molar-refractivity contribution in [2.75, 3.05) is 7.11 Å². The van der Waals surface area contributed by atoms with E-state index < -0.39 is 0 Å². The summed E-state index contributed by atoms with van der Waals surface area (Å²) in [6, 6.07) is 15.5. The van der Waals surface area contributed by atoms with E-state index in [2.05, 4.69) is 6.07 Å². The first-order valence-electron chi connectivity index (χ1n) is 6.36. The molecule has 0 radical (unpaired) electrons. The lowest BCUT2D eigenvalue weighted by molar-refractivity contribution is 0.0992. The molecule has 2 nitrogen and oxygen atoms in total. The molecule has 2 aromatic carbocycles. The van der Waals surface area contributed by atoms with Crippen LogP contribution in [0.1, 0.15) is 27.0 Å². The number of aryl methyl sites for hydroxylation is 1. The Morgan fingerprint density at radius 2 is 1.79 bits per heavy atom. The van der Waals surface area contributed by atoms with Gasteiger partial charge in [0.25, 0.3) is 0 Å². The highest BCUT2D eigenvalue weighted by Gasteiger charge is 2.10. The van der Waals surface area contributed by atoms with Crippen LogP contribution in [0, 0.1) is 6.92 Å². The van der Waals surface area contributed by atoms with Gasteiger partial charge in [0, 0.05) is 19.1 Å². The van der Waals surface area contributed by atoms with Gasteiger partial charge in [0.15, 0.2) is 5.78 Å². The van der Waals surface area contributed by atoms with E-state index in [0.717, 1.165) is 22.3 Å². The minimum Gasteiger partial charge on any atom is -0.380 e. The topological polar surface area (TPSA) is 26.3 Å². The highest BCUT2D eigenvalue weighted by molar-refractivity contribution is 5.97. The predicted octanol–water partition coefficient (Wildman–Crippen LogP) is 3.57. The first kappa shape index (κ1) is 13.5. The predicted molar refractivity (Wildman–Crippen MR) is 76.4 cm³/mol. The summed E-state index contributed by atoms with van der Waals surface area (Å²) in [6.07, 6.45) is 0.421. The second-order valence-electron chi connectivity index (χ2n) is 4.67. The van der Waals surface area contributed by atoms with Crippen LogP contribution in [0.5, 0.6) is 0 Å². The quantitative estimate of drug-likeness (QED) is 0.762. The monoisotopic (exact) mass is 254 g/mol. The third-order valence-electron chi connectivity index (χ3n) is 3.11. The van der Waals surface area contributed by atoms with Gasteiger partial charge in [-0.15, -0.1) is 0 Å². The molecule has 0 N–H and O–H groups in total. The maximum atomic E-state index is 12.2. The van der Waals surface area contributed by atoms with Gasteiger partial charge >= 0.3 is 0 Å². The third-order valence-corrected chi connectivity index (χ3v) is 3.11. The molecule has 0 heterocycles. The summed E-state index contributed by atoms with van der Waals surface area (Å²) in [4.78, 5) is 12.2. The van der Waals surface area contributed by atoms with E-state index in [0.29, 0.717) is 13.0 Å². The lowest BCUT2D eigenvalue weighted by Gasteiger charge is -2.09. The smallest absolute Gasteiger partial charge is 0.167 e. The van der Waals surface area contributed by atoms with Crippen molar-refractivity contribution >= 4 is 5.78 Å². The average molecular weight is 254 g/mol. The molecule has 0 spiro atoms. The van der Waals surface area contributed by atoms with Gasteiger partial charge in [-0.05, 0) is 18.1 Å². The summed E-state index contributed by atoms with van der Waals surface area (Å²) in [7, 11) is 1.67. The molecule has 0 saturated heterocycles. The van der Waals surface area contributed by atoms with E-state index >= 15 is 0 Å². The zero-order valence-corrected chi connectivity index (χ0v) is 11.3. The van der Waals surface area contributed by atoms with Crippen LogP contribution in [0.25, 0.3) is 0 Å². The van der Waals surface area contributed by atoms with Crippen molar-refractivity contribution in [3.63, 3.8) is 0 Å². The van der Waals surface area contributed by atoms with Crippen molar-refractivity contribution in [1.29, 1.82) is 0 Å². The first-order valence-corrected chi connectivity index (χ1v) is 6.36. The van der Waals surface area contributed by atoms with Gasteiger partial charge in [0.2, 0.25) is 0 Å². The van der Waals surface area contributed by atoms with Gasteiger partial charge < -0.3 is 4.74 Å². The number of Topliss-reactive ketones (excluding diaryl/α,β-unsaturated/α-hetero) is 1. The Bertz CT molecular complexity index is 559. The summed E-state index contributed by atoms with van der Waals surface area (Å²) >= 11 is 0. The van der Waals surface area contributed by atoms with Crippen LogP contribution in [0.2, 0.25) is 0 Å². The number of ether oxygens (including phenoxy) is 1. The lowest BCUT2D eigenvalue weighted by atomic mass is 9.97. The Balaban J connectivity index is 2.23. The largest absolute Gasteiger partial charge is 0.380 e. The zero-order chi connectivity index (χ0) is 13.7. The maximum Gasteiger partial charge on any atom is 0.167 e. The molecule has 0 amide bonds. The minimum atomic E-state index is 0.142. The lowest BCUT2D eigenvalue weighted by Crippen LogP contribution is -2.06. The van der Waals surface area contributed by atoms with E-state index in [4.69, 9.17) is 4.74 Å². The molecule has 0 atom stereocenters. The molecule has 0 aliphatic rings. The van der Waals surface area contributed by atoms with Gasteiger partial charge in [0.1, 0.15) is 0 Å². The average Bonchev–Trinajstić information content (AvgIpc) is 2.43. The molecule has 0 aromatic heterocycles. The van der Waals surface area contributed by atoms with Crippen LogP contribution >= 0.6 is 0 Å². The van der Waals surface area contributed by atoms with Gasteiger partial charge in [-0.3, -0.25) is 4.79 Å². The van der Waals surface area contributed by atoms with Crippen molar-refractivity contribution in [3.8, 4) is 0 Å².